The lowest BCUT2D eigenvalue weighted by molar-refractivity contribution is 0.341. The Kier molecular flexibility index (Phi) is 19.1. The molecule has 0 atom stereocenters. The highest BCUT2D eigenvalue weighted by molar-refractivity contribution is 5.60. The van der Waals surface area contributed by atoms with Crippen molar-refractivity contribution in [2.24, 2.45) is 0 Å². The van der Waals surface area contributed by atoms with Crippen molar-refractivity contribution in [3.63, 3.8) is 0 Å². The van der Waals surface area contributed by atoms with Gasteiger partial charge in [-0.25, -0.2) is 0 Å². The molecule has 3 aliphatic carbocycles. The van der Waals surface area contributed by atoms with Crippen molar-refractivity contribution in [1.29, 1.82) is 0 Å². The van der Waals surface area contributed by atoms with E-state index in [4.69, 9.17) is 0 Å². The second-order valence-electron chi connectivity index (χ2n) is 28.4. The predicted octanol–water partition coefficient (Wildman–Crippen LogP) is 20.7. The predicted molar refractivity (Wildman–Crippen MR) is 364 cm³/mol. The van der Waals surface area contributed by atoms with Crippen molar-refractivity contribution in [1.82, 2.24) is 0 Å². The van der Waals surface area contributed by atoms with Crippen LogP contribution in [-0.4, -0.2) is 40.9 Å². The van der Waals surface area contributed by atoms with E-state index >= 15 is 0 Å². The van der Waals surface area contributed by atoms with Gasteiger partial charge in [0.05, 0.1) is 0 Å². The molecule has 0 unspecified atom stereocenters. The third-order valence-electron chi connectivity index (χ3n) is 21.0. The number of rotatable bonds is 18. The Morgan fingerprint density at radius 3 is 0.922 bits per heavy atom. The monoisotopic (exact) mass is 1210 g/mol. The molecule has 3 fully saturated rings. The molecule has 11 rings (SSSR count). The van der Waals surface area contributed by atoms with Crippen LogP contribution < -0.4 is 0 Å². The molecule has 3 saturated carbocycles. The Morgan fingerprint density at radius 1 is 0.322 bits per heavy atom. The molecule has 8 aromatic carbocycles. The zero-order valence-corrected chi connectivity index (χ0v) is 54.4. The Bertz CT molecular complexity index is 3510. The topological polar surface area (TPSA) is 162 Å². The average molecular weight is 1210 g/mol. The van der Waals surface area contributed by atoms with Crippen LogP contribution in [0.25, 0.3) is 0 Å². The van der Waals surface area contributed by atoms with Gasteiger partial charge in [-0.05, 0) is 199 Å². The minimum Gasteiger partial charge on any atom is -0.508 e. The van der Waals surface area contributed by atoms with Crippen LogP contribution in [0.1, 0.15) is 299 Å². The van der Waals surface area contributed by atoms with E-state index < -0.39 is 17.3 Å². The molecule has 8 aromatic rings. The normalized spacial score (nSPS) is 15.9. The van der Waals surface area contributed by atoms with Gasteiger partial charge in [-0.3, -0.25) is 0 Å². The van der Waals surface area contributed by atoms with Gasteiger partial charge in [0.2, 0.25) is 0 Å². The lowest BCUT2D eigenvalue weighted by Crippen LogP contribution is -2.31. The maximum absolute atomic E-state index is 12.9. The molecule has 0 heterocycles. The molecule has 90 heavy (non-hydrogen) atoms. The molecule has 0 bridgehead atoms. The minimum absolute atomic E-state index is 0.0452. The molecular formula is C82H96O8. The summed E-state index contributed by atoms with van der Waals surface area (Å²) >= 11 is 0. The van der Waals surface area contributed by atoms with Crippen molar-refractivity contribution in [2.45, 2.75) is 217 Å². The SMILES string of the molecule is CC(C)c1cc(C(c2ccc(O)c(C(C)C)c2)c2cc(Cc3cc(C4(c5cc(Cc6ccc(O)c(C(c7ccc(O)c(C(C)C)c7)c7ccc(O)c(C(C)C)c7)c6)c(O)c(C6CCCCC6)c5)CCCCC4)cc(C4CCCCC4)c3O)ccc2O)ccc1O. The first-order chi connectivity index (χ1) is 43.2. The molecule has 0 spiro atoms. The van der Waals surface area contributed by atoms with Crippen molar-refractivity contribution >= 4 is 0 Å². The molecule has 472 valence electrons. The standard InChI is InChI=1S/C82H96O8/c1-48(2)64-42-56(24-30-72(64)83)78(57-25-31-73(84)65(43-57)49(3)4)70-38-52(22-28-76(70)87)36-60-40-62(46-68(80(60)89)54-18-12-9-13-19-54)82(34-16-11-17-35-82)63-41-61(81(90)69(47-63)55-20-14-10-15-21-55)37-53-23-29-77(88)71(39-53)79(58-26-32-74(85)66(44-58)50(5)6)59-27-33-75(86)67(45-59)51(7)8/h22-33,38-51,54-55,78-79,83-90H,9-21,34-37H2,1-8H3. The summed E-state index contributed by atoms with van der Waals surface area (Å²) in [5.74, 6) is 1.55. The van der Waals surface area contributed by atoms with Crippen LogP contribution >= 0.6 is 0 Å². The number of phenolic OH excluding ortho intramolecular Hbond substituents is 8. The Hall–Kier alpha value is -7.84. The summed E-state index contributed by atoms with van der Waals surface area (Å²) in [6.45, 7) is 16.5. The van der Waals surface area contributed by atoms with Gasteiger partial charge in [-0.15, -0.1) is 0 Å². The minimum atomic E-state index is -0.449. The Labute approximate surface area is 535 Å². The van der Waals surface area contributed by atoms with E-state index in [1.54, 1.807) is 36.4 Å². The lowest BCUT2D eigenvalue weighted by atomic mass is 9.63. The summed E-state index contributed by atoms with van der Waals surface area (Å²) in [7, 11) is 0. The van der Waals surface area contributed by atoms with E-state index in [1.807, 2.05) is 60.7 Å². The van der Waals surface area contributed by atoms with E-state index in [0.717, 1.165) is 161 Å². The summed E-state index contributed by atoms with van der Waals surface area (Å²) in [6.07, 6.45) is 16.7. The molecule has 0 amide bonds. The maximum Gasteiger partial charge on any atom is 0.122 e. The first kappa shape index (κ1) is 63.7. The van der Waals surface area contributed by atoms with Crippen LogP contribution in [-0.2, 0) is 18.3 Å². The van der Waals surface area contributed by atoms with Crippen molar-refractivity contribution in [3.8, 4) is 46.0 Å². The van der Waals surface area contributed by atoms with Gasteiger partial charge in [0, 0.05) is 41.2 Å². The number of aromatic hydroxyl groups is 8. The lowest BCUT2D eigenvalue weighted by Gasteiger charge is -2.41. The van der Waals surface area contributed by atoms with E-state index in [2.05, 4.69) is 91.8 Å². The molecule has 0 aliphatic heterocycles. The van der Waals surface area contributed by atoms with Crippen LogP contribution in [0.5, 0.6) is 46.0 Å². The summed E-state index contributed by atoms with van der Waals surface area (Å²) in [5.41, 5.74) is 15.9. The first-order valence-corrected chi connectivity index (χ1v) is 33.9. The van der Waals surface area contributed by atoms with Gasteiger partial charge in [0.25, 0.3) is 0 Å². The van der Waals surface area contributed by atoms with Crippen LogP contribution in [0.3, 0.4) is 0 Å². The van der Waals surface area contributed by atoms with E-state index in [0.29, 0.717) is 35.5 Å². The summed E-state index contributed by atoms with van der Waals surface area (Å²) in [5, 5.41) is 94.2. The molecule has 8 nitrogen and oxygen atoms in total. The van der Waals surface area contributed by atoms with Crippen LogP contribution in [0.2, 0.25) is 0 Å². The average Bonchev–Trinajstić information content (AvgIpc) is 0.762. The van der Waals surface area contributed by atoms with Gasteiger partial charge < -0.3 is 40.9 Å². The van der Waals surface area contributed by atoms with Crippen molar-refractivity contribution < 1.29 is 40.9 Å². The molecule has 0 saturated heterocycles. The Balaban J connectivity index is 1.05. The van der Waals surface area contributed by atoms with E-state index in [-0.39, 0.29) is 70.0 Å². The molecule has 8 heteroatoms. The second kappa shape index (κ2) is 26.9. The third kappa shape index (κ3) is 13.1. The van der Waals surface area contributed by atoms with Gasteiger partial charge in [0.15, 0.2) is 0 Å². The fourth-order valence-corrected chi connectivity index (χ4v) is 15.9. The molecule has 0 radical (unpaired) electrons. The Morgan fingerprint density at radius 2 is 0.611 bits per heavy atom. The molecule has 0 aromatic heterocycles. The van der Waals surface area contributed by atoms with Crippen molar-refractivity contribution in [2.75, 3.05) is 0 Å². The second-order valence-corrected chi connectivity index (χ2v) is 28.4. The summed E-state index contributed by atoms with van der Waals surface area (Å²) in [4.78, 5) is 0. The van der Waals surface area contributed by atoms with Crippen molar-refractivity contribution in [3.05, 3.63) is 234 Å². The zero-order valence-electron chi connectivity index (χ0n) is 54.4. The van der Waals surface area contributed by atoms with E-state index in [1.165, 1.54) is 24.0 Å². The maximum atomic E-state index is 12.9. The third-order valence-corrected chi connectivity index (χ3v) is 21.0. The zero-order chi connectivity index (χ0) is 63.7. The number of hydrogen-bond donors (Lipinski definition) is 8. The number of benzene rings is 8. The fraction of sp³-hybridized carbons (Fsp3) is 0.415. The highest BCUT2D eigenvalue weighted by Gasteiger charge is 2.40. The first-order valence-electron chi connectivity index (χ1n) is 33.9. The smallest absolute Gasteiger partial charge is 0.122 e. The quantitative estimate of drug-likeness (QED) is 0.0394. The van der Waals surface area contributed by atoms with Crippen LogP contribution in [0, 0.1) is 0 Å². The number of phenols is 8. The summed E-state index contributed by atoms with van der Waals surface area (Å²) < 4.78 is 0. The largest absolute Gasteiger partial charge is 0.508 e. The van der Waals surface area contributed by atoms with Gasteiger partial charge in [-0.2, -0.15) is 0 Å². The van der Waals surface area contributed by atoms with Gasteiger partial charge in [-0.1, -0.05) is 210 Å². The highest BCUT2D eigenvalue weighted by atomic mass is 16.3. The molecule has 3 aliphatic rings. The highest BCUT2D eigenvalue weighted by Crippen LogP contribution is 2.53. The van der Waals surface area contributed by atoms with Crippen LogP contribution in [0.15, 0.2) is 133 Å². The van der Waals surface area contributed by atoms with Crippen LogP contribution in [0.4, 0.5) is 0 Å². The number of hydrogen-bond acceptors (Lipinski definition) is 8. The van der Waals surface area contributed by atoms with Gasteiger partial charge in [0.1, 0.15) is 46.0 Å². The summed E-state index contributed by atoms with van der Waals surface area (Å²) in [6, 6.07) is 43.9. The molecular weight excluding hydrogens is 1110 g/mol. The van der Waals surface area contributed by atoms with E-state index in [9.17, 15) is 40.9 Å². The van der Waals surface area contributed by atoms with Gasteiger partial charge >= 0.3 is 0 Å². The fourth-order valence-electron chi connectivity index (χ4n) is 15.9. The molecule has 8 N–H and O–H groups in total.